The van der Waals surface area contributed by atoms with Crippen LogP contribution in [0.5, 0.6) is 0 Å². The van der Waals surface area contributed by atoms with Crippen molar-refractivity contribution in [2.45, 2.75) is 44.2 Å². The summed E-state index contributed by atoms with van der Waals surface area (Å²) in [4.78, 5) is 9.22. The highest BCUT2D eigenvalue weighted by molar-refractivity contribution is 9.10. The van der Waals surface area contributed by atoms with E-state index in [1.165, 1.54) is 5.37 Å². The van der Waals surface area contributed by atoms with Crippen molar-refractivity contribution in [3.63, 3.8) is 0 Å². The number of hydrogen-bond donors (Lipinski definition) is 4. The Morgan fingerprint density at radius 3 is 2.50 bits per heavy atom. The molecule has 1 heterocycles. The topological polar surface area (TPSA) is 113 Å². The van der Waals surface area contributed by atoms with Gasteiger partial charge < -0.3 is 15.7 Å². The molecule has 2 rings (SSSR count). The summed E-state index contributed by atoms with van der Waals surface area (Å²) < 4.78 is 12.8. The van der Waals surface area contributed by atoms with E-state index in [4.69, 9.17) is 5.14 Å². The van der Waals surface area contributed by atoms with E-state index in [1.54, 1.807) is 51.2 Å². The third kappa shape index (κ3) is 5.16. The first-order valence-corrected chi connectivity index (χ1v) is 10.5. The second-order valence-corrected chi connectivity index (χ2v) is 9.53. The van der Waals surface area contributed by atoms with E-state index >= 15 is 0 Å². The second-order valence-electron chi connectivity index (χ2n) is 6.44. The van der Waals surface area contributed by atoms with Crippen LogP contribution in [0.25, 0.3) is 0 Å². The van der Waals surface area contributed by atoms with Crippen LogP contribution in [0.15, 0.2) is 39.8 Å². The summed E-state index contributed by atoms with van der Waals surface area (Å²) in [7, 11) is -2.60. The number of aliphatic hydroxyl groups is 1. The number of aromatic nitrogens is 2. The first kappa shape index (κ1) is 20.6. The highest BCUT2D eigenvalue weighted by Crippen LogP contribution is 2.24. The molecule has 0 fully saturated rings. The molecule has 0 aliphatic rings. The van der Waals surface area contributed by atoms with Crippen LogP contribution in [0.4, 0.5) is 17.5 Å². The van der Waals surface area contributed by atoms with Gasteiger partial charge in [0.15, 0.2) is 0 Å². The van der Waals surface area contributed by atoms with Gasteiger partial charge in [0, 0.05) is 16.8 Å². The monoisotopic (exact) mass is 441 g/mol. The number of benzene rings is 1. The maximum atomic E-state index is 12.1. The van der Waals surface area contributed by atoms with E-state index in [0.717, 1.165) is 5.69 Å². The lowest BCUT2D eigenvalue weighted by Gasteiger charge is -2.27. The molecule has 9 heteroatoms. The number of nitrogens with two attached hydrogens (primary N) is 1. The van der Waals surface area contributed by atoms with Crippen molar-refractivity contribution < 1.29 is 9.32 Å². The molecule has 0 aliphatic heterocycles. The smallest absolute Gasteiger partial charge is 0.229 e. The maximum absolute atomic E-state index is 12.1. The molecule has 2 aromatic rings. The second kappa shape index (κ2) is 7.91. The molecule has 1 aromatic heterocycles. The Bertz CT molecular complexity index is 887. The van der Waals surface area contributed by atoms with Crippen LogP contribution in [0.1, 0.15) is 27.7 Å². The van der Waals surface area contributed by atoms with Gasteiger partial charge in [-0.05, 0) is 73.3 Å². The van der Waals surface area contributed by atoms with Crippen molar-refractivity contribution >= 4 is 48.5 Å². The zero-order chi connectivity index (χ0) is 19.5. The van der Waals surface area contributed by atoms with E-state index in [1.807, 2.05) is 6.92 Å². The van der Waals surface area contributed by atoms with Gasteiger partial charge in [-0.2, -0.15) is 4.98 Å². The lowest BCUT2D eigenvalue weighted by molar-refractivity contribution is 0.0647. The van der Waals surface area contributed by atoms with E-state index in [2.05, 4.69) is 36.5 Å². The lowest BCUT2D eigenvalue weighted by atomic mass is 10.0. The first-order valence-electron chi connectivity index (χ1n) is 8.03. The third-order valence-corrected chi connectivity index (χ3v) is 6.28. The van der Waals surface area contributed by atoms with Crippen LogP contribution in [0, 0.1) is 0 Å². The van der Waals surface area contributed by atoms with Crippen LogP contribution in [-0.2, 0) is 9.71 Å². The molecular weight excluding hydrogens is 418 g/mol. The molecular formula is C17H24BrN5O2S. The fourth-order valence-corrected chi connectivity index (χ4v) is 3.07. The predicted octanol–water partition coefficient (Wildman–Crippen LogP) is 2.89. The molecule has 26 heavy (non-hydrogen) atoms. The standard InChI is InChI=1S/C17H24BrN5O2S/c1-5-26(19,25)13-8-6-12(7-9-13)22-16-20-10-14(18)15(23-16)21-11(2)17(3,4)24/h5-11,24H,1-4H3,(H2,19,25)(H2,20,21,22,23)/t11-,26?/m1/s1. The summed E-state index contributed by atoms with van der Waals surface area (Å²) in [5, 5.41) is 23.6. The van der Waals surface area contributed by atoms with Crippen LogP contribution >= 0.6 is 15.9 Å². The van der Waals surface area contributed by atoms with E-state index in [9.17, 15) is 9.32 Å². The van der Waals surface area contributed by atoms with Crippen molar-refractivity contribution in [2.75, 3.05) is 10.6 Å². The fourth-order valence-electron chi connectivity index (χ4n) is 1.93. The zero-order valence-electron chi connectivity index (χ0n) is 15.2. The number of hydrogen-bond acceptors (Lipinski definition) is 6. The minimum atomic E-state index is -2.60. The number of nitrogens with zero attached hydrogens (tertiary/aromatic N) is 2. The SMILES string of the molecule is CC=S(N)(=O)c1ccc(Nc2ncc(Br)c(N[C@H](C)C(C)(C)O)n2)cc1. The summed E-state index contributed by atoms with van der Waals surface area (Å²) in [6, 6.07) is 6.73. The maximum Gasteiger partial charge on any atom is 0.229 e. The van der Waals surface area contributed by atoms with E-state index in [0.29, 0.717) is 21.1 Å². The Balaban J connectivity index is 2.20. The van der Waals surface area contributed by atoms with Crippen molar-refractivity contribution in [3.05, 3.63) is 34.9 Å². The van der Waals surface area contributed by atoms with Crippen molar-refractivity contribution in [1.82, 2.24) is 9.97 Å². The van der Waals surface area contributed by atoms with Crippen LogP contribution in [-0.4, -0.2) is 36.3 Å². The van der Waals surface area contributed by atoms with Crippen molar-refractivity contribution in [3.8, 4) is 0 Å². The van der Waals surface area contributed by atoms with E-state index in [-0.39, 0.29) is 6.04 Å². The fraction of sp³-hybridized carbons (Fsp3) is 0.353. The number of halogens is 1. The van der Waals surface area contributed by atoms with Gasteiger partial charge >= 0.3 is 0 Å². The molecule has 142 valence electrons. The van der Waals surface area contributed by atoms with Crippen LogP contribution < -0.4 is 15.8 Å². The molecule has 1 unspecified atom stereocenters. The van der Waals surface area contributed by atoms with Crippen molar-refractivity contribution in [2.24, 2.45) is 5.14 Å². The molecule has 5 N–H and O–H groups in total. The number of rotatable bonds is 6. The molecule has 0 spiro atoms. The quantitative estimate of drug-likeness (QED) is 0.512. The van der Waals surface area contributed by atoms with Gasteiger partial charge in [-0.1, -0.05) is 0 Å². The summed E-state index contributed by atoms with van der Waals surface area (Å²) in [6.07, 6.45) is 1.63. The van der Waals surface area contributed by atoms with Gasteiger partial charge in [0.05, 0.1) is 25.8 Å². The zero-order valence-corrected chi connectivity index (χ0v) is 17.6. The number of nitrogens with one attached hydrogen (secondary N) is 2. The molecule has 0 saturated heterocycles. The average molecular weight is 442 g/mol. The molecule has 2 atom stereocenters. The molecule has 7 nitrogen and oxygen atoms in total. The van der Waals surface area contributed by atoms with Crippen LogP contribution in [0.3, 0.4) is 0 Å². The van der Waals surface area contributed by atoms with Crippen LogP contribution in [0.2, 0.25) is 0 Å². The Morgan fingerprint density at radius 1 is 1.35 bits per heavy atom. The Labute approximate surface area is 162 Å². The number of anilines is 3. The molecule has 0 radical (unpaired) electrons. The van der Waals surface area contributed by atoms with Gasteiger partial charge in [-0.15, -0.1) is 0 Å². The predicted molar refractivity (Wildman–Crippen MR) is 111 cm³/mol. The van der Waals surface area contributed by atoms with Gasteiger partial charge in [0.2, 0.25) is 5.95 Å². The summed E-state index contributed by atoms with van der Waals surface area (Å²) in [6.45, 7) is 7.00. The Morgan fingerprint density at radius 2 is 1.96 bits per heavy atom. The Hall–Kier alpha value is -1.68. The minimum Gasteiger partial charge on any atom is -0.388 e. The normalized spacial score (nSPS) is 15.0. The highest BCUT2D eigenvalue weighted by atomic mass is 79.9. The molecule has 1 aromatic carbocycles. The summed E-state index contributed by atoms with van der Waals surface area (Å²) >= 11 is 3.40. The third-order valence-electron chi connectivity index (χ3n) is 3.99. The Kier molecular flexibility index (Phi) is 6.28. The van der Waals surface area contributed by atoms with Crippen molar-refractivity contribution in [1.29, 1.82) is 0 Å². The van der Waals surface area contributed by atoms with Gasteiger partial charge in [-0.3, -0.25) is 5.14 Å². The summed E-state index contributed by atoms with van der Waals surface area (Å²) in [5.74, 6) is 0.959. The van der Waals surface area contributed by atoms with Gasteiger partial charge in [-0.25, -0.2) is 9.19 Å². The largest absolute Gasteiger partial charge is 0.388 e. The lowest BCUT2D eigenvalue weighted by Crippen LogP contribution is -2.39. The highest BCUT2D eigenvalue weighted by Gasteiger charge is 2.23. The average Bonchev–Trinajstić information content (AvgIpc) is 2.57. The molecule has 0 amide bonds. The van der Waals surface area contributed by atoms with E-state index < -0.39 is 15.3 Å². The molecule has 0 bridgehead atoms. The molecule has 0 aliphatic carbocycles. The molecule has 0 saturated carbocycles. The first-order chi connectivity index (χ1) is 12.0. The van der Waals surface area contributed by atoms with Gasteiger partial charge in [0.25, 0.3) is 0 Å². The van der Waals surface area contributed by atoms with Gasteiger partial charge in [0.1, 0.15) is 5.82 Å². The minimum absolute atomic E-state index is 0.219. The summed E-state index contributed by atoms with van der Waals surface area (Å²) in [5.41, 5.74) is -0.164.